The molecule has 0 fully saturated rings. The van der Waals surface area contributed by atoms with Crippen molar-refractivity contribution in [2.75, 3.05) is 20.6 Å². The molecule has 0 heterocycles. The molecular formula is C16H26BrFN2. The monoisotopic (exact) mass is 344 g/mol. The predicted molar refractivity (Wildman–Crippen MR) is 87.4 cm³/mol. The molecule has 0 bridgehead atoms. The molecule has 20 heavy (non-hydrogen) atoms. The van der Waals surface area contributed by atoms with Gasteiger partial charge in [-0.1, -0.05) is 35.8 Å². The van der Waals surface area contributed by atoms with Gasteiger partial charge in [0.05, 0.1) is 0 Å². The first-order valence-electron chi connectivity index (χ1n) is 7.16. The minimum atomic E-state index is -0.209. The van der Waals surface area contributed by atoms with Crippen LogP contribution >= 0.6 is 15.9 Å². The Balaban J connectivity index is 2.62. The van der Waals surface area contributed by atoms with Gasteiger partial charge in [0.1, 0.15) is 5.82 Å². The van der Waals surface area contributed by atoms with Gasteiger partial charge >= 0.3 is 0 Å². The van der Waals surface area contributed by atoms with Gasteiger partial charge in [0.2, 0.25) is 0 Å². The fraction of sp³-hybridized carbons (Fsp3) is 0.625. The van der Waals surface area contributed by atoms with Gasteiger partial charge in [-0.05, 0) is 51.1 Å². The molecular weight excluding hydrogens is 319 g/mol. The first-order valence-corrected chi connectivity index (χ1v) is 7.95. The molecule has 114 valence electrons. The summed E-state index contributed by atoms with van der Waals surface area (Å²) in [7, 11) is 4.24. The third-order valence-corrected chi connectivity index (χ3v) is 4.25. The number of likely N-dealkylation sites (N-methyl/N-ethyl adjacent to an activating group) is 1. The van der Waals surface area contributed by atoms with E-state index in [0.717, 1.165) is 23.0 Å². The molecule has 0 saturated carbocycles. The summed E-state index contributed by atoms with van der Waals surface area (Å²) in [5, 5.41) is 3.55. The largest absolute Gasteiger partial charge is 0.309 e. The fourth-order valence-electron chi connectivity index (χ4n) is 2.30. The molecule has 1 aromatic rings. The molecule has 0 aromatic heterocycles. The summed E-state index contributed by atoms with van der Waals surface area (Å²) in [5.41, 5.74) is 1.09. The Morgan fingerprint density at radius 2 is 1.90 bits per heavy atom. The first kappa shape index (κ1) is 17.6. The third-order valence-electron chi connectivity index (χ3n) is 3.56. The lowest BCUT2D eigenvalue weighted by Gasteiger charge is -2.28. The smallest absolute Gasteiger partial charge is 0.124 e. The zero-order valence-corrected chi connectivity index (χ0v) is 14.7. The van der Waals surface area contributed by atoms with Crippen LogP contribution in [0.1, 0.15) is 38.8 Å². The normalized spacial score (nSPS) is 14.8. The van der Waals surface area contributed by atoms with E-state index in [0.29, 0.717) is 12.0 Å². The van der Waals surface area contributed by atoms with Crippen LogP contribution in [0.5, 0.6) is 0 Å². The zero-order valence-electron chi connectivity index (χ0n) is 13.1. The van der Waals surface area contributed by atoms with Gasteiger partial charge in [0.25, 0.3) is 0 Å². The minimum absolute atomic E-state index is 0.194. The summed E-state index contributed by atoms with van der Waals surface area (Å²) in [5.74, 6) is 0.468. The molecule has 0 amide bonds. The average Bonchev–Trinajstić information content (AvgIpc) is 2.33. The van der Waals surface area contributed by atoms with E-state index in [4.69, 9.17) is 0 Å². The molecule has 0 aliphatic rings. The van der Waals surface area contributed by atoms with Gasteiger partial charge < -0.3 is 10.2 Å². The van der Waals surface area contributed by atoms with E-state index in [1.165, 1.54) is 12.1 Å². The Morgan fingerprint density at radius 1 is 1.25 bits per heavy atom. The zero-order chi connectivity index (χ0) is 15.3. The van der Waals surface area contributed by atoms with Gasteiger partial charge in [-0.15, -0.1) is 0 Å². The molecule has 1 rings (SSSR count). The second-order valence-corrected chi connectivity index (χ2v) is 6.90. The Morgan fingerprint density at radius 3 is 2.40 bits per heavy atom. The summed E-state index contributed by atoms with van der Waals surface area (Å²) in [6, 6.07) is 5.57. The summed E-state index contributed by atoms with van der Waals surface area (Å²) < 4.78 is 13.9. The molecule has 0 aliphatic heterocycles. The summed E-state index contributed by atoms with van der Waals surface area (Å²) >= 11 is 3.43. The van der Waals surface area contributed by atoms with Gasteiger partial charge in [-0.2, -0.15) is 0 Å². The highest BCUT2D eigenvalue weighted by atomic mass is 79.9. The topological polar surface area (TPSA) is 15.3 Å². The molecule has 0 radical (unpaired) electrons. The van der Waals surface area contributed by atoms with Crippen LogP contribution in [0.4, 0.5) is 4.39 Å². The highest BCUT2D eigenvalue weighted by Gasteiger charge is 2.16. The third kappa shape index (κ3) is 5.51. The van der Waals surface area contributed by atoms with Crippen LogP contribution in [0.2, 0.25) is 0 Å². The second kappa shape index (κ2) is 8.11. The maximum Gasteiger partial charge on any atom is 0.124 e. The van der Waals surface area contributed by atoms with E-state index in [1.54, 1.807) is 0 Å². The maximum atomic E-state index is 13.1. The van der Waals surface area contributed by atoms with Crippen LogP contribution in [0.25, 0.3) is 0 Å². The number of halogens is 2. The minimum Gasteiger partial charge on any atom is -0.309 e. The van der Waals surface area contributed by atoms with E-state index in [-0.39, 0.29) is 11.9 Å². The fourth-order valence-corrected chi connectivity index (χ4v) is 2.99. The van der Waals surface area contributed by atoms with E-state index in [1.807, 2.05) is 6.07 Å². The van der Waals surface area contributed by atoms with Crippen LogP contribution in [-0.2, 0) is 0 Å². The average molecular weight is 345 g/mol. The van der Waals surface area contributed by atoms with Crippen molar-refractivity contribution in [1.29, 1.82) is 0 Å². The molecule has 0 spiro atoms. The second-order valence-electron chi connectivity index (χ2n) is 6.04. The molecule has 1 aromatic carbocycles. The predicted octanol–water partition coefficient (Wildman–Crippen LogP) is 4.22. The molecule has 4 heteroatoms. The van der Waals surface area contributed by atoms with Crippen molar-refractivity contribution in [3.63, 3.8) is 0 Å². The van der Waals surface area contributed by atoms with Crippen molar-refractivity contribution >= 4 is 15.9 Å². The van der Waals surface area contributed by atoms with Crippen LogP contribution in [0.3, 0.4) is 0 Å². The molecule has 2 atom stereocenters. The summed E-state index contributed by atoms with van der Waals surface area (Å²) in [6.07, 6.45) is 1.16. The van der Waals surface area contributed by atoms with E-state index < -0.39 is 0 Å². The van der Waals surface area contributed by atoms with Gasteiger partial charge in [0, 0.05) is 23.1 Å². The highest BCUT2D eigenvalue weighted by molar-refractivity contribution is 9.10. The van der Waals surface area contributed by atoms with Crippen LogP contribution in [-0.4, -0.2) is 31.6 Å². The molecule has 2 nitrogen and oxygen atoms in total. The lowest BCUT2D eigenvalue weighted by molar-refractivity contribution is 0.242. The van der Waals surface area contributed by atoms with Crippen molar-refractivity contribution in [2.45, 2.75) is 39.3 Å². The van der Waals surface area contributed by atoms with E-state index in [2.05, 4.69) is 61.0 Å². The molecule has 0 aliphatic carbocycles. The van der Waals surface area contributed by atoms with Crippen LogP contribution in [0, 0.1) is 11.7 Å². The quantitative estimate of drug-likeness (QED) is 0.796. The van der Waals surface area contributed by atoms with Crippen molar-refractivity contribution in [2.24, 2.45) is 5.92 Å². The van der Waals surface area contributed by atoms with Crippen LogP contribution in [0.15, 0.2) is 22.7 Å². The Bertz CT molecular complexity index is 421. The number of benzene rings is 1. The number of nitrogens with zero attached hydrogens (tertiary/aromatic N) is 1. The summed E-state index contributed by atoms with van der Waals surface area (Å²) in [4.78, 5) is 2.26. The van der Waals surface area contributed by atoms with E-state index in [9.17, 15) is 4.39 Å². The standard InChI is InChI=1S/C16H26BrFN2/c1-11(2)8-14(20(4)5)10-19-12(3)15-7-6-13(18)9-16(15)17/h6-7,9,11-12,14,19H,8,10H2,1-5H3. The Hall–Kier alpha value is -0.450. The van der Waals surface area contributed by atoms with Gasteiger partial charge in [-0.3, -0.25) is 0 Å². The lowest BCUT2D eigenvalue weighted by atomic mass is 10.0. The summed E-state index contributed by atoms with van der Waals surface area (Å²) in [6.45, 7) is 7.53. The molecule has 0 saturated heterocycles. The van der Waals surface area contributed by atoms with Crippen molar-refractivity contribution in [3.05, 3.63) is 34.1 Å². The van der Waals surface area contributed by atoms with Crippen molar-refractivity contribution in [3.8, 4) is 0 Å². The number of nitrogens with one attached hydrogen (secondary N) is 1. The molecule has 1 N–H and O–H groups in total. The lowest BCUT2D eigenvalue weighted by Crippen LogP contribution is -2.39. The number of hydrogen-bond acceptors (Lipinski definition) is 2. The Kier molecular flexibility index (Phi) is 7.13. The van der Waals surface area contributed by atoms with Crippen molar-refractivity contribution < 1.29 is 4.39 Å². The SMILES string of the molecule is CC(C)CC(CNC(C)c1ccc(F)cc1Br)N(C)C. The first-order chi connectivity index (χ1) is 9.31. The van der Waals surface area contributed by atoms with Gasteiger partial charge in [-0.25, -0.2) is 4.39 Å². The maximum absolute atomic E-state index is 13.1. The van der Waals surface area contributed by atoms with Gasteiger partial charge in [0.15, 0.2) is 0 Å². The Labute approximate surface area is 130 Å². The van der Waals surface area contributed by atoms with E-state index >= 15 is 0 Å². The van der Waals surface area contributed by atoms with Crippen LogP contribution < -0.4 is 5.32 Å². The highest BCUT2D eigenvalue weighted by Crippen LogP contribution is 2.24. The molecule has 2 unspecified atom stereocenters. The number of rotatable bonds is 7. The van der Waals surface area contributed by atoms with Crippen molar-refractivity contribution in [1.82, 2.24) is 10.2 Å². The number of hydrogen-bond donors (Lipinski definition) is 1.